The Kier molecular flexibility index (Phi) is 5.37. The van der Waals surface area contributed by atoms with Crippen LogP contribution in [0.2, 0.25) is 0 Å². The zero-order valence-electron chi connectivity index (χ0n) is 14.4. The van der Waals surface area contributed by atoms with Crippen LogP contribution in [-0.4, -0.2) is 24.7 Å². The number of benzene rings is 1. The van der Waals surface area contributed by atoms with E-state index in [0.29, 0.717) is 27.8 Å². The molecule has 1 unspecified atom stereocenters. The van der Waals surface area contributed by atoms with Crippen LogP contribution >= 0.6 is 11.3 Å². The quantitative estimate of drug-likeness (QED) is 0.762. The molecule has 136 valence electrons. The van der Waals surface area contributed by atoms with E-state index in [-0.39, 0.29) is 12.5 Å². The Balaban J connectivity index is 1.68. The highest BCUT2D eigenvalue weighted by Crippen LogP contribution is 2.39. The second-order valence-electron chi connectivity index (χ2n) is 6.44. The van der Waals surface area contributed by atoms with Gasteiger partial charge in [0.05, 0.1) is 5.56 Å². The monoisotopic (exact) mass is 372 g/mol. The lowest BCUT2D eigenvalue weighted by Crippen LogP contribution is -2.22. The smallest absolute Gasteiger partial charge is 0.262 e. The maximum Gasteiger partial charge on any atom is 0.262 e. The Labute approximate surface area is 155 Å². The van der Waals surface area contributed by atoms with Gasteiger partial charge in [0.2, 0.25) is 0 Å². The largest absolute Gasteiger partial charge is 0.484 e. The van der Waals surface area contributed by atoms with Crippen molar-refractivity contribution < 1.29 is 19.1 Å². The Bertz CT molecular complexity index is 842. The van der Waals surface area contributed by atoms with Gasteiger partial charge < -0.3 is 15.8 Å². The first-order valence-electron chi connectivity index (χ1n) is 8.40. The van der Waals surface area contributed by atoms with Crippen LogP contribution in [-0.2, 0) is 17.6 Å². The highest BCUT2D eigenvalue weighted by molar-refractivity contribution is 7.17. The molecule has 26 heavy (non-hydrogen) atoms. The molecule has 6 nitrogen and oxygen atoms in total. The molecule has 0 fully saturated rings. The first kappa shape index (κ1) is 18.1. The normalized spacial score (nSPS) is 15.8. The average molecular weight is 372 g/mol. The molecule has 7 heteroatoms. The molecule has 0 bridgehead atoms. The van der Waals surface area contributed by atoms with Gasteiger partial charge in [-0.25, -0.2) is 0 Å². The van der Waals surface area contributed by atoms with Gasteiger partial charge in [-0.15, -0.1) is 11.3 Å². The number of nitrogens with two attached hydrogens (primary N) is 1. The number of aldehydes is 1. The zero-order chi connectivity index (χ0) is 18.7. The van der Waals surface area contributed by atoms with Gasteiger partial charge in [-0.2, -0.15) is 0 Å². The van der Waals surface area contributed by atoms with Gasteiger partial charge in [0.15, 0.2) is 6.61 Å². The Morgan fingerprint density at radius 3 is 2.73 bits per heavy atom. The van der Waals surface area contributed by atoms with Crippen LogP contribution in [0.25, 0.3) is 0 Å². The molecule has 1 aromatic carbocycles. The number of nitrogens with one attached hydrogen (secondary N) is 1. The van der Waals surface area contributed by atoms with Gasteiger partial charge in [0, 0.05) is 10.4 Å². The van der Waals surface area contributed by atoms with Crippen molar-refractivity contribution in [1.82, 2.24) is 0 Å². The van der Waals surface area contributed by atoms with E-state index in [1.165, 1.54) is 11.3 Å². The minimum atomic E-state index is -0.516. The van der Waals surface area contributed by atoms with Gasteiger partial charge in [0.1, 0.15) is 17.0 Å². The lowest BCUT2D eigenvalue weighted by Gasteiger charge is -2.18. The van der Waals surface area contributed by atoms with E-state index in [1.54, 1.807) is 24.3 Å². The Hall–Kier alpha value is -2.67. The molecule has 1 atom stereocenters. The predicted octanol–water partition coefficient (Wildman–Crippen LogP) is 2.80. The van der Waals surface area contributed by atoms with Crippen LogP contribution in [0.1, 0.15) is 44.5 Å². The summed E-state index contributed by atoms with van der Waals surface area (Å²) < 4.78 is 5.42. The molecule has 3 N–H and O–H groups in total. The molecular formula is C19H20N2O4S. The summed E-state index contributed by atoms with van der Waals surface area (Å²) in [6, 6.07) is 6.47. The molecule has 2 aromatic rings. The Morgan fingerprint density at radius 1 is 1.35 bits per heavy atom. The lowest BCUT2D eigenvalue weighted by molar-refractivity contribution is -0.118. The molecule has 0 aliphatic heterocycles. The molecule has 3 rings (SSSR count). The number of thiophene rings is 1. The van der Waals surface area contributed by atoms with Gasteiger partial charge >= 0.3 is 0 Å². The topological polar surface area (TPSA) is 98.5 Å². The third-order valence-corrected chi connectivity index (χ3v) is 5.57. The van der Waals surface area contributed by atoms with Gasteiger partial charge in [-0.05, 0) is 55.0 Å². The van der Waals surface area contributed by atoms with Crippen LogP contribution in [0.4, 0.5) is 5.00 Å². The SMILES string of the molecule is CC1CCc2c(sc(NC(=O)COc3ccc(C=O)cc3)c2C(N)=O)C1. The van der Waals surface area contributed by atoms with Crippen molar-refractivity contribution in [3.8, 4) is 5.75 Å². The van der Waals surface area contributed by atoms with E-state index < -0.39 is 5.91 Å². The highest BCUT2D eigenvalue weighted by Gasteiger charge is 2.27. The number of rotatable bonds is 6. The van der Waals surface area contributed by atoms with Crippen LogP contribution in [0.15, 0.2) is 24.3 Å². The van der Waals surface area contributed by atoms with Crippen molar-refractivity contribution in [2.45, 2.75) is 26.2 Å². The van der Waals surface area contributed by atoms with Crippen molar-refractivity contribution >= 4 is 34.4 Å². The number of amides is 2. The number of fused-ring (bicyclic) bond motifs is 1. The van der Waals surface area contributed by atoms with E-state index in [2.05, 4.69) is 12.2 Å². The van der Waals surface area contributed by atoms with Crippen molar-refractivity contribution in [2.75, 3.05) is 11.9 Å². The third kappa shape index (κ3) is 3.94. The molecule has 1 heterocycles. The maximum absolute atomic E-state index is 12.2. The minimum Gasteiger partial charge on any atom is -0.484 e. The fourth-order valence-electron chi connectivity index (χ4n) is 3.05. The van der Waals surface area contributed by atoms with Crippen molar-refractivity contribution in [2.24, 2.45) is 11.7 Å². The first-order chi connectivity index (χ1) is 12.5. The maximum atomic E-state index is 12.2. The first-order valence-corrected chi connectivity index (χ1v) is 9.21. The molecule has 0 saturated carbocycles. The third-order valence-electron chi connectivity index (χ3n) is 4.40. The van der Waals surface area contributed by atoms with E-state index in [0.717, 1.165) is 36.0 Å². The van der Waals surface area contributed by atoms with Crippen molar-refractivity contribution in [3.05, 3.63) is 45.8 Å². The number of hydrogen-bond acceptors (Lipinski definition) is 5. The number of anilines is 1. The number of carbonyl (C=O) groups is 3. The highest BCUT2D eigenvalue weighted by atomic mass is 32.1. The zero-order valence-corrected chi connectivity index (χ0v) is 15.2. The van der Waals surface area contributed by atoms with Crippen molar-refractivity contribution in [3.63, 3.8) is 0 Å². The lowest BCUT2D eigenvalue weighted by atomic mass is 9.88. The summed E-state index contributed by atoms with van der Waals surface area (Å²) in [7, 11) is 0. The standard InChI is InChI=1S/C19H20N2O4S/c1-11-2-7-14-15(8-11)26-19(17(14)18(20)24)21-16(23)10-25-13-5-3-12(9-22)4-6-13/h3-6,9,11H,2,7-8,10H2,1H3,(H2,20,24)(H,21,23). The van der Waals surface area contributed by atoms with E-state index in [4.69, 9.17) is 10.5 Å². The summed E-state index contributed by atoms with van der Waals surface area (Å²) in [5.41, 5.74) is 7.48. The van der Waals surface area contributed by atoms with Gasteiger partial charge in [-0.3, -0.25) is 14.4 Å². The molecule has 1 aliphatic carbocycles. The van der Waals surface area contributed by atoms with Gasteiger partial charge in [-0.1, -0.05) is 6.92 Å². The summed E-state index contributed by atoms with van der Waals surface area (Å²) in [6.45, 7) is 1.98. The number of ether oxygens (including phenoxy) is 1. The van der Waals surface area contributed by atoms with E-state index in [9.17, 15) is 14.4 Å². The summed E-state index contributed by atoms with van der Waals surface area (Å²) in [4.78, 5) is 35.9. The van der Waals surface area contributed by atoms with Crippen LogP contribution in [0.5, 0.6) is 5.75 Å². The second kappa shape index (κ2) is 7.70. The molecule has 2 amide bonds. The van der Waals surface area contributed by atoms with Gasteiger partial charge in [0.25, 0.3) is 11.8 Å². The molecule has 1 aromatic heterocycles. The minimum absolute atomic E-state index is 0.197. The van der Waals surface area contributed by atoms with Crippen LogP contribution < -0.4 is 15.8 Å². The molecule has 0 spiro atoms. The van der Waals surface area contributed by atoms with E-state index >= 15 is 0 Å². The summed E-state index contributed by atoms with van der Waals surface area (Å²) in [6.07, 6.45) is 3.45. The number of primary amides is 1. The number of hydrogen-bond donors (Lipinski definition) is 2. The molecule has 0 saturated heterocycles. The Morgan fingerprint density at radius 2 is 2.08 bits per heavy atom. The molecule has 1 aliphatic rings. The molecular weight excluding hydrogens is 352 g/mol. The molecule has 0 radical (unpaired) electrons. The summed E-state index contributed by atoms with van der Waals surface area (Å²) in [5, 5.41) is 3.26. The van der Waals surface area contributed by atoms with Crippen LogP contribution in [0.3, 0.4) is 0 Å². The predicted molar refractivity (Wildman–Crippen MR) is 100.0 cm³/mol. The summed E-state index contributed by atoms with van der Waals surface area (Å²) >= 11 is 1.42. The van der Waals surface area contributed by atoms with E-state index in [1.807, 2.05) is 0 Å². The second-order valence-corrected chi connectivity index (χ2v) is 7.55. The summed E-state index contributed by atoms with van der Waals surface area (Å²) in [5.74, 6) is 0.166. The number of carbonyl (C=O) groups excluding carboxylic acids is 3. The fourth-order valence-corrected chi connectivity index (χ4v) is 4.49. The van der Waals surface area contributed by atoms with Crippen molar-refractivity contribution in [1.29, 1.82) is 0 Å². The van der Waals surface area contributed by atoms with Crippen LogP contribution in [0, 0.1) is 5.92 Å². The average Bonchev–Trinajstić information content (AvgIpc) is 2.97. The fraction of sp³-hybridized carbons (Fsp3) is 0.316.